The van der Waals surface area contributed by atoms with Crippen LogP contribution in [0.3, 0.4) is 0 Å². The average Bonchev–Trinajstić information content (AvgIpc) is 2.63. The highest BCUT2D eigenvalue weighted by atomic mass is 16.6. The van der Waals surface area contributed by atoms with Crippen molar-refractivity contribution in [2.24, 2.45) is 0 Å². The Labute approximate surface area is 150 Å². The Balaban J connectivity index is 1.72. The van der Waals surface area contributed by atoms with Crippen LogP contribution in [0.25, 0.3) is 0 Å². The average molecular weight is 359 g/mol. The maximum atomic E-state index is 11.3. The Morgan fingerprint density at radius 2 is 1.96 bits per heavy atom. The fourth-order valence-electron chi connectivity index (χ4n) is 2.63. The van der Waals surface area contributed by atoms with Crippen molar-refractivity contribution in [1.29, 1.82) is 0 Å². The Morgan fingerprint density at radius 1 is 1.23 bits per heavy atom. The summed E-state index contributed by atoms with van der Waals surface area (Å²) in [6, 6.07) is 9.06. The van der Waals surface area contributed by atoms with Gasteiger partial charge in [0.05, 0.1) is 18.1 Å². The molecule has 10 nitrogen and oxygen atoms in total. The highest BCUT2D eigenvalue weighted by molar-refractivity contribution is 5.74. The number of ether oxygens (including phenoxy) is 1. The molecule has 1 aliphatic rings. The van der Waals surface area contributed by atoms with Crippen LogP contribution >= 0.6 is 0 Å². The highest BCUT2D eigenvalue weighted by Gasteiger charge is 2.23. The molecule has 0 aliphatic carbocycles. The van der Waals surface area contributed by atoms with Crippen LogP contribution in [0.5, 0.6) is 0 Å². The number of nitro groups is 1. The van der Waals surface area contributed by atoms with Gasteiger partial charge in [-0.05, 0) is 12.1 Å². The minimum Gasteiger partial charge on any atom is -0.379 e. The molecule has 138 valence electrons. The lowest BCUT2D eigenvalue weighted by Crippen LogP contribution is -2.39. The Bertz CT molecular complexity index is 751. The van der Waals surface area contributed by atoms with Gasteiger partial charge in [0, 0.05) is 31.9 Å². The van der Waals surface area contributed by atoms with Crippen molar-refractivity contribution in [3.05, 3.63) is 40.4 Å². The van der Waals surface area contributed by atoms with E-state index in [1.807, 2.05) is 18.2 Å². The molecule has 2 heterocycles. The number of nitrogens with zero attached hydrogens (tertiary/aromatic N) is 4. The lowest BCUT2D eigenvalue weighted by Gasteiger charge is -2.26. The number of aromatic nitrogens is 2. The molecule has 0 saturated carbocycles. The number of hydrogen-bond donors (Lipinski definition) is 3. The molecule has 1 saturated heterocycles. The summed E-state index contributed by atoms with van der Waals surface area (Å²) in [5, 5.41) is 17.3. The van der Waals surface area contributed by atoms with Gasteiger partial charge in [-0.2, -0.15) is 9.97 Å². The summed E-state index contributed by atoms with van der Waals surface area (Å²) < 4.78 is 5.31. The molecule has 1 aliphatic heterocycles. The number of anilines is 4. The zero-order chi connectivity index (χ0) is 18.4. The normalized spacial score (nSPS) is 14.8. The van der Waals surface area contributed by atoms with E-state index in [0.717, 1.165) is 32.8 Å². The molecule has 0 unspecified atom stereocenters. The van der Waals surface area contributed by atoms with Crippen LogP contribution in [0.2, 0.25) is 0 Å². The molecule has 10 heteroatoms. The fraction of sp³-hybridized carbons (Fsp3) is 0.375. The van der Waals surface area contributed by atoms with E-state index in [9.17, 15) is 10.1 Å². The van der Waals surface area contributed by atoms with Gasteiger partial charge in [0.1, 0.15) is 0 Å². The summed E-state index contributed by atoms with van der Waals surface area (Å²) in [7, 11) is 0. The minimum absolute atomic E-state index is 0.0579. The van der Waals surface area contributed by atoms with Crippen molar-refractivity contribution < 1.29 is 9.66 Å². The van der Waals surface area contributed by atoms with Gasteiger partial charge in [0.15, 0.2) is 0 Å². The number of nitrogens with one attached hydrogen (secondary N) is 2. The number of nitrogen functional groups attached to an aromatic ring is 1. The molecule has 1 fully saturated rings. The van der Waals surface area contributed by atoms with Gasteiger partial charge in [-0.25, -0.2) is 0 Å². The van der Waals surface area contributed by atoms with E-state index in [1.54, 1.807) is 12.1 Å². The largest absolute Gasteiger partial charge is 0.379 e. The van der Waals surface area contributed by atoms with Crippen LogP contribution in [0.15, 0.2) is 30.3 Å². The molecule has 4 N–H and O–H groups in total. The quantitative estimate of drug-likeness (QED) is 0.496. The van der Waals surface area contributed by atoms with Crippen molar-refractivity contribution in [3.8, 4) is 0 Å². The van der Waals surface area contributed by atoms with Crippen LogP contribution in [-0.4, -0.2) is 59.2 Å². The predicted octanol–water partition coefficient (Wildman–Crippen LogP) is 1.45. The van der Waals surface area contributed by atoms with E-state index in [0.29, 0.717) is 12.2 Å². The second-order valence-corrected chi connectivity index (χ2v) is 5.76. The molecular formula is C16H21N7O3. The maximum absolute atomic E-state index is 11.3. The molecule has 0 spiro atoms. The fourth-order valence-corrected chi connectivity index (χ4v) is 2.63. The van der Waals surface area contributed by atoms with Gasteiger partial charge in [0.2, 0.25) is 17.6 Å². The molecule has 0 radical (unpaired) electrons. The number of rotatable bonds is 7. The first kappa shape index (κ1) is 17.8. The van der Waals surface area contributed by atoms with Gasteiger partial charge in [-0.3, -0.25) is 15.0 Å². The van der Waals surface area contributed by atoms with Gasteiger partial charge in [-0.15, -0.1) is 0 Å². The van der Waals surface area contributed by atoms with Crippen LogP contribution in [0, 0.1) is 10.1 Å². The first-order chi connectivity index (χ1) is 12.6. The van der Waals surface area contributed by atoms with Crippen molar-refractivity contribution >= 4 is 29.0 Å². The van der Waals surface area contributed by atoms with Gasteiger partial charge >= 0.3 is 5.69 Å². The number of nitrogens with two attached hydrogens (primary N) is 1. The second kappa shape index (κ2) is 8.41. The van der Waals surface area contributed by atoms with E-state index in [4.69, 9.17) is 10.5 Å². The van der Waals surface area contributed by atoms with Crippen molar-refractivity contribution in [3.63, 3.8) is 0 Å². The summed E-state index contributed by atoms with van der Waals surface area (Å²) in [5.74, 6) is 0.125. The molecule has 0 bridgehead atoms. The number of benzene rings is 1. The number of morpholine rings is 1. The molecule has 0 amide bonds. The zero-order valence-electron chi connectivity index (χ0n) is 14.2. The molecule has 1 aromatic carbocycles. The van der Waals surface area contributed by atoms with E-state index in [1.165, 1.54) is 0 Å². The summed E-state index contributed by atoms with van der Waals surface area (Å²) in [4.78, 5) is 21.2. The van der Waals surface area contributed by atoms with Gasteiger partial charge in [-0.1, -0.05) is 18.2 Å². The van der Waals surface area contributed by atoms with Crippen molar-refractivity contribution in [2.45, 2.75) is 0 Å². The van der Waals surface area contributed by atoms with E-state index >= 15 is 0 Å². The summed E-state index contributed by atoms with van der Waals surface area (Å²) in [5.41, 5.74) is 6.13. The topological polar surface area (TPSA) is 131 Å². The van der Waals surface area contributed by atoms with Crippen molar-refractivity contribution in [2.75, 3.05) is 55.8 Å². The highest BCUT2D eigenvalue weighted by Crippen LogP contribution is 2.31. The third-order valence-corrected chi connectivity index (χ3v) is 3.94. The van der Waals surface area contributed by atoms with Gasteiger partial charge in [0.25, 0.3) is 0 Å². The van der Waals surface area contributed by atoms with Crippen LogP contribution in [0.4, 0.5) is 29.0 Å². The summed E-state index contributed by atoms with van der Waals surface area (Å²) >= 11 is 0. The lowest BCUT2D eigenvalue weighted by molar-refractivity contribution is -0.383. The van der Waals surface area contributed by atoms with Crippen molar-refractivity contribution in [1.82, 2.24) is 14.9 Å². The van der Waals surface area contributed by atoms with Crippen LogP contribution in [0.1, 0.15) is 0 Å². The van der Waals surface area contributed by atoms with Gasteiger partial charge < -0.3 is 21.1 Å². The Hall–Kier alpha value is -2.98. The third-order valence-electron chi connectivity index (χ3n) is 3.94. The number of hydrogen-bond acceptors (Lipinski definition) is 9. The summed E-state index contributed by atoms with van der Waals surface area (Å²) in [6.45, 7) is 4.61. The first-order valence-electron chi connectivity index (χ1n) is 8.31. The zero-order valence-corrected chi connectivity index (χ0v) is 14.2. The molecule has 1 aromatic heterocycles. The SMILES string of the molecule is Nc1nc(NCCN2CCOCC2)nc(Nc2ccccc2)c1[N+](=O)[O-]. The molecule has 26 heavy (non-hydrogen) atoms. The van der Waals surface area contributed by atoms with Crippen LogP contribution < -0.4 is 16.4 Å². The van der Waals surface area contributed by atoms with E-state index < -0.39 is 4.92 Å². The maximum Gasteiger partial charge on any atom is 0.353 e. The number of para-hydroxylation sites is 1. The monoisotopic (exact) mass is 359 g/mol. The third kappa shape index (κ3) is 4.55. The molecular weight excluding hydrogens is 338 g/mol. The summed E-state index contributed by atoms with van der Waals surface area (Å²) in [6.07, 6.45) is 0. The smallest absolute Gasteiger partial charge is 0.353 e. The van der Waals surface area contributed by atoms with E-state index in [2.05, 4.69) is 25.5 Å². The Morgan fingerprint density at radius 3 is 2.65 bits per heavy atom. The molecule has 0 atom stereocenters. The molecule has 3 rings (SSSR count). The second-order valence-electron chi connectivity index (χ2n) is 5.76. The van der Waals surface area contributed by atoms with Crippen LogP contribution in [-0.2, 0) is 4.74 Å². The lowest BCUT2D eigenvalue weighted by atomic mass is 10.3. The standard InChI is InChI=1S/C16H21N7O3/c17-14-13(23(24)25)15(19-12-4-2-1-3-5-12)21-16(20-14)18-6-7-22-8-10-26-11-9-22/h1-5H,6-11H2,(H4,17,18,19,20,21). The first-order valence-corrected chi connectivity index (χ1v) is 8.31. The van der Waals surface area contributed by atoms with E-state index in [-0.39, 0.29) is 23.3 Å². The molecule has 2 aromatic rings. The Kier molecular flexibility index (Phi) is 5.77. The minimum atomic E-state index is -0.585. The predicted molar refractivity (Wildman–Crippen MR) is 98.6 cm³/mol.